The molecule has 0 amide bonds. The Morgan fingerprint density at radius 1 is 1.05 bits per heavy atom. The minimum Gasteiger partial charge on any atom is -0.313 e. The van der Waals surface area contributed by atoms with Crippen molar-refractivity contribution in [2.45, 2.75) is 46.1 Å². The molecule has 2 unspecified atom stereocenters. The fraction of sp³-hybridized carbons (Fsp3) is 1.00. The lowest BCUT2D eigenvalue weighted by molar-refractivity contribution is 0.112. The van der Waals surface area contributed by atoms with Gasteiger partial charge in [0.1, 0.15) is 0 Å². The monoisotopic (exact) mass is 267 g/mol. The number of hydrogen-bond donors (Lipinski definition) is 1. The molecule has 0 aromatic heterocycles. The molecule has 1 aliphatic carbocycles. The maximum atomic E-state index is 3.68. The summed E-state index contributed by atoms with van der Waals surface area (Å²) in [5.41, 5.74) is 0. The predicted octanol–water partition coefficient (Wildman–Crippen LogP) is 2.04. The fourth-order valence-corrected chi connectivity index (χ4v) is 3.09. The molecule has 19 heavy (non-hydrogen) atoms. The van der Waals surface area contributed by atoms with Gasteiger partial charge in [-0.05, 0) is 31.2 Å². The number of nitrogens with zero attached hydrogens (tertiary/aromatic N) is 2. The van der Waals surface area contributed by atoms with Crippen LogP contribution in [0.2, 0.25) is 0 Å². The zero-order chi connectivity index (χ0) is 13.7. The van der Waals surface area contributed by atoms with Gasteiger partial charge in [-0.25, -0.2) is 0 Å². The number of hydrogen-bond acceptors (Lipinski definition) is 3. The summed E-state index contributed by atoms with van der Waals surface area (Å²) in [6.07, 6.45) is 4.24. The van der Waals surface area contributed by atoms with Gasteiger partial charge in [-0.15, -0.1) is 0 Å². The van der Waals surface area contributed by atoms with E-state index in [2.05, 4.69) is 35.9 Å². The van der Waals surface area contributed by atoms with E-state index in [9.17, 15) is 0 Å². The van der Waals surface area contributed by atoms with E-state index >= 15 is 0 Å². The molecular formula is C16H33N3. The van der Waals surface area contributed by atoms with Crippen LogP contribution in [0.5, 0.6) is 0 Å². The molecule has 3 nitrogen and oxygen atoms in total. The minimum absolute atomic E-state index is 0.671. The lowest BCUT2D eigenvalue weighted by Crippen LogP contribution is -2.52. The average molecular weight is 267 g/mol. The number of nitrogens with one attached hydrogen (secondary N) is 1. The first kappa shape index (κ1) is 15.3. The summed E-state index contributed by atoms with van der Waals surface area (Å²) in [5, 5.41) is 3.68. The van der Waals surface area contributed by atoms with Crippen LogP contribution >= 0.6 is 0 Å². The zero-order valence-electron chi connectivity index (χ0n) is 13.2. The second kappa shape index (κ2) is 7.61. The van der Waals surface area contributed by atoms with Crippen molar-refractivity contribution in [2.24, 2.45) is 11.8 Å². The summed E-state index contributed by atoms with van der Waals surface area (Å²) < 4.78 is 0. The third kappa shape index (κ3) is 5.05. The Balaban J connectivity index is 1.69. The van der Waals surface area contributed by atoms with Crippen LogP contribution in [0, 0.1) is 11.8 Å². The van der Waals surface area contributed by atoms with E-state index in [1.54, 1.807) is 0 Å². The Morgan fingerprint density at radius 3 is 2.21 bits per heavy atom. The molecule has 1 saturated heterocycles. The summed E-state index contributed by atoms with van der Waals surface area (Å²) >= 11 is 0. The highest BCUT2D eigenvalue weighted by molar-refractivity contribution is 4.83. The van der Waals surface area contributed by atoms with E-state index in [0.717, 1.165) is 18.4 Å². The third-order valence-corrected chi connectivity index (χ3v) is 4.93. The Hall–Kier alpha value is -0.120. The largest absolute Gasteiger partial charge is 0.313 e. The molecule has 0 spiro atoms. The molecule has 1 saturated carbocycles. The Labute approximate surface area is 119 Å². The minimum atomic E-state index is 0.671. The molecule has 112 valence electrons. The van der Waals surface area contributed by atoms with Crippen LogP contribution in [-0.2, 0) is 0 Å². The molecule has 0 bridgehead atoms. The number of piperazine rings is 1. The van der Waals surface area contributed by atoms with Crippen molar-refractivity contribution in [1.29, 1.82) is 0 Å². The van der Waals surface area contributed by atoms with Crippen LogP contribution in [0.4, 0.5) is 0 Å². The van der Waals surface area contributed by atoms with Gasteiger partial charge in [0.2, 0.25) is 0 Å². The second-order valence-electron chi connectivity index (χ2n) is 6.59. The molecule has 2 rings (SSSR count). The molecule has 1 N–H and O–H groups in total. The van der Waals surface area contributed by atoms with Gasteiger partial charge in [0.15, 0.2) is 0 Å². The molecule has 0 aromatic rings. The average Bonchev–Trinajstić information content (AvgIpc) is 3.23. The van der Waals surface area contributed by atoms with Gasteiger partial charge in [-0.2, -0.15) is 0 Å². The topological polar surface area (TPSA) is 18.5 Å². The van der Waals surface area contributed by atoms with E-state index in [-0.39, 0.29) is 0 Å². The molecule has 2 aliphatic rings. The number of rotatable bonds is 8. The van der Waals surface area contributed by atoms with Crippen molar-refractivity contribution in [3.63, 3.8) is 0 Å². The molecule has 2 fully saturated rings. The molecular weight excluding hydrogens is 234 g/mol. The molecule has 1 heterocycles. The van der Waals surface area contributed by atoms with Gasteiger partial charge in [0.05, 0.1) is 0 Å². The van der Waals surface area contributed by atoms with Gasteiger partial charge in [0.25, 0.3) is 0 Å². The maximum absolute atomic E-state index is 3.68. The van der Waals surface area contributed by atoms with Crippen molar-refractivity contribution in [1.82, 2.24) is 15.1 Å². The highest BCUT2D eigenvalue weighted by Gasteiger charge is 2.27. The smallest absolute Gasteiger partial charge is 0.0220 e. The van der Waals surface area contributed by atoms with Gasteiger partial charge in [-0.1, -0.05) is 27.2 Å². The quantitative estimate of drug-likeness (QED) is 0.726. The van der Waals surface area contributed by atoms with Gasteiger partial charge in [0, 0.05) is 45.3 Å². The van der Waals surface area contributed by atoms with Crippen molar-refractivity contribution in [3.05, 3.63) is 0 Å². The highest BCUT2D eigenvalue weighted by Crippen LogP contribution is 2.29. The van der Waals surface area contributed by atoms with Crippen LogP contribution in [0.25, 0.3) is 0 Å². The zero-order valence-corrected chi connectivity index (χ0v) is 13.2. The van der Waals surface area contributed by atoms with E-state index < -0.39 is 0 Å². The van der Waals surface area contributed by atoms with E-state index in [4.69, 9.17) is 0 Å². The SMILES string of the molecule is CCNC(CN1CCN(CC2CC2)CC1)C(C)CC. The summed E-state index contributed by atoms with van der Waals surface area (Å²) in [4.78, 5) is 5.35. The lowest BCUT2D eigenvalue weighted by Gasteiger charge is -2.38. The van der Waals surface area contributed by atoms with Crippen molar-refractivity contribution in [2.75, 3.05) is 45.8 Å². The van der Waals surface area contributed by atoms with Crippen LogP contribution in [-0.4, -0.2) is 61.7 Å². The van der Waals surface area contributed by atoms with Gasteiger partial charge in [-0.3, -0.25) is 4.90 Å². The molecule has 2 atom stereocenters. The first-order valence-corrected chi connectivity index (χ1v) is 8.41. The predicted molar refractivity (Wildman–Crippen MR) is 82.5 cm³/mol. The fourth-order valence-electron chi connectivity index (χ4n) is 3.09. The van der Waals surface area contributed by atoms with Crippen LogP contribution < -0.4 is 5.32 Å². The highest BCUT2D eigenvalue weighted by atomic mass is 15.3. The van der Waals surface area contributed by atoms with Crippen LogP contribution in [0.1, 0.15) is 40.0 Å². The summed E-state index contributed by atoms with van der Waals surface area (Å²) in [6, 6.07) is 0.671. The molecule has 0 aromatic carbocycles. The Bertz CT molecular complexity index is 244. The lowest BCUT2D eigenvalue weighted by atomic mass is 9.98. The summed E-state index contributed by atoms with van der Waals surface area (Å²) in [7, 11) is 0. The van der Waals surface area contributed by atoms with Gasteiger partial charge < -0.3 is 10.2 Å². The molecule has 0 radical (unpaired) electrons. The van der Waals surface area contributed by atoms with E-state index in [1.807, 2.05) is 0 Å². The first-order chi connectivity index (χ1) is 9.22. The first-order valence-electron chi connectivity index (χ1n) is 8.41. The van der Waals surface area contributed by atoms with E-state index in [0.29, 0.717) is 6.04 Å². The number of likely N-dealkylation sites (N-methyl/N-ethyl adjacent to an activating group) is 1. The van der Waals surface area contributed by atoms with Gasteiger partial charge >= 0.3 is 0 Å². The second-order valence-corrected chi connectivity index (χ2v) is 6.59. The van der Waals surface area contributed by atoms with Crippen molar-refractivity contribution >= 4 is 0 Å². The molecule has 3 heteroatoms. The third-order valence-electron chi connectivity index (χ3n) is 4.93. The Kier molecular flexibility index (Phi) is 6.11. The van der Waals surface area contributed by atoms with Crippen molar-refractivity contribution in [3.8, 4) is 0 Å². The van der Waals surface area contributed by atoms with Crippen LogP contribution in [0.15, 0.2) is 0 Å². The van der Waals surface area contributed by atoms with Crippen LogP contribution in [0.3, 0.4) is 0 Å². The maximum Gasteiger partial charge on any atom is 0.0220 e. The van der Waals surface area contributed by atoms with Crippen molar-refractivity contribution < 1.29 is 0 Å². The summed E-state index contributed by atoms with van der Waals surface area (Å²) in [6.45, 7) is 15.7. The van der Waals surface area contributed by atoms with E-state index in [1.165, 1.54) is 58.5 Å². The standard InChI is InChI=1S/C16H33N3/c1-4-14(3)16(17-5-2)13-19-10-8-18(9-11-19)12-15-6-7-15/h14-17H,4-13H2,1-3H3. The Morgan fingerprint density at radius 2 is 1.68 bits per heavy atom. The normalized spacial score (nSPS) is 25.4. The molecule has 1 aliphatic heterocycles. The summed E-state index contributed by atoms with van der Waals surface area (Å²) in [5.74, 6) is 1.82.